The van der Waals surface area contributed by atoms with Crippen LogP contribution in [0.2, 0.25) is 5.02 Å². The minimum Gasteiger partial charge on any atom is -0.328 e. The van der Waals surface area contributed by atoms with Gasteiger partial charge >= 0.3 is 0 Å². The van der Waals surface area contributed by atoms with Gasteiger partial charge in [-0.25, -0.2) is 0 Å². The Morgan fingerprint density at radius 1 is 1.09 bits per heavy atom. The van der Waals surface area contributed by atoms with E-state index < -0.39 is 26.8 Å². The second-order valence-electron chi connectivity index (χ2n) is 7.46. The second kappa shape index (κ2) is 8.79. The summed E-state index contributed by atoms with van der Waals surface area (Å²) in [5, 5.41) is 10.9. The van der Waals surface area contributed by atoms with Gasteiger partial charge in [-0.05, 0) is 31.0 Å². The molecule has 33 heavy (non-hydrogen) atoms. The molecule has 1 fully saturated rings. The van der Waals surface area contributed by atoms with Crippen molar-refractivity contribution in [2.75, 3.05) is 11.4 Å². The molecule has 0 radical (unpaired) electrons. The number of amidine groups is 1. The summed E-state index contributed by atoms with van der Waals surface area (Å²) in [6, 6.07) is 7.48. The molecule has 13 heteroatoms. The Balaban J connectivity index is 1.57. The van der Waals surface area contributed by atoms with Crippen LogP contribution in [0.15, 0.2) is 45.7 Å². The number of nitrogens with one attached hydrogen (secondary N) is 2. The third kappa shape index (κ3) is 4.52. The van der Waals surface area contributed by atoms with Crippen LogP contribution >= 0.6 is 11.6 Å². The monoisotopic (exact) mass is 491 g/mol. The van der Waals surface area contributed by atoms with Crippen LogP contribution in [0.3, 0.4) is 0 Å². The van der Waals surface area contributed by atoms with Crippen LogP contribution in [-0.4, -0.2) is 37.5 Å². The number of nitrogens with zero attached hydrogens (tertiary/aromatic N) is 3. The van der Waals surface area contributed by atoms with Crippen LogP contribution in [0.25, 0.3) is 0 Å². The lowest BCUT2D eigenvalue weighted by Crippen LogP contribution is -2.42. The summed E-state index contributed by atoms with van der Waals surface area (Å²) in [4.78, 5) is 36.8. The molecule has 11 nitrogen and oxygen atoms in total. The van der Waals surface area contributed by atoms with Crippen LogP contribution in [0, 0.1) is 10.1 Å². The highest BCUT2D eigenvalue weighted by Gasteiger charge is 2.33. The quantitative estimate of drug-likeness (QED) is 0.494. The van der Waals surface area contributed by atoms with Crippen LogP contribution in [0.5, 0.6) is 0 Å². The number of non-ortho nitro benzene ring substituents is 1. The maximum Gasteiger partial charge on any atom is 0.286 e. The SMILES string of the molecule is O=C(NNC(=O)c1cc2c(cc1Cl)N1CCCCCC1=NS2(=O)=O)c1cccc([N+](=O)[O-])c1. The summed E-state index contributed by atoms with van der Waals surface area (Å²) >= 11 is 6.30. The number of rotatable bonds is 3. The molecule has 2 N–H and O–H groups in total. The Kier molecular flexibility index (Phi) is 6.04. The summed E-state index contributed by atoms with van der Waals surface area (Å²) in [7, 11) is -4.03. The zero-order valence-corrected chi connectivity index (χ0v) is 18.6. The Morgan fingerprint density at radius 2 is 1.85 bits per heavy atom. The van der Waals surface area contributed by atoms with E-state index in [1.807, 2.05) is 0 Å². The number of halogens is 1. The van der Waals surface area contributed by atoms with E-state index in [1.165, 1.54) is 24.3 Å². The van der Waals surface area contributed by atoms with Gasteiger partial charge in [-0.15, -0.1) is 4.40 Å². The highest BCUT2D eigenvalue weighted by atomic mass is 35.5. The van der Waals surface area contributed by atoms with E-state index in [2.05, 4.69) is 15.2 Å². The highest BCUT2D eigenvalue weighted by molar-refractivity contribution is 7.90. The van der Waals surface area contributed by atoms with Crippen molar-refractivity contribution in [3.8, 4) is 0 Å². The molecule has 0 saturated carbocycles. The minimum atomic E-state index is -4.03. The molecule has 0 unspecified atom stereocenters. The molecule has 0 spiro atoms. The number of hydrazine groups is 1. The number of nitro benzene ring substituents is 1. The van der Waals surface area contributed by atoms with E-state index in [9.17, 15) is 28.1 Å². The summed E-state index contributed by atoms with van der Waals surface area (Å²) in [5.74, 6) is -1.20. The second-order valence-corrected chi connectivity index (χ2v) is 9.44. The van der Waals surface area contributed by atoms with Crippen molar-refractivity contribution in [2.45, 2.75) is 30.6 Å². The lowest BCUT2D eigenvalue weighted by molar-refractivity contribution is -0.384. The Labute approximate surface area is 193 Å². The molecule has 2 aromatic rings. The number of amides is 2. The number of anilines is 1. The molecule has 2 aliphatic rings. The summed E-state index contributed by atoms with van der Waals surface area (Å²) in [6.07, 6.45) is 3.17. The maximum atomic E-state index is 12.8. The number of sulfonamides is 1. The van der Waals surface area contributed by atoms with Gasteiger partial charge < -0.3 is 4.90 Å². The molecular weight excluding hydrogens is 474 g/mol. The molecule has 0 aromatic heterocycles. The van der Waals surface area contributed by atoms with Crippen LogP contribution in [0.1, 0.15) is 46.4 Å². The first-order valence-electron chi connectivity index (χ1n) is 9.97. The first-order valence-corrected chi connectivity index (χ1v) is 11.8. The predicted molar refractivity (Wildman–Crippen MR) is 120 cm³/mol. The highest BCUT2D eigenvalue weighted by Crippen LogP contribution is 2.37. The van der Waals surface area contributed by atoms with E-state index in [-0.39, 0.29) is 26.7 Å². The van der Waals surface area contributed by atoms with E-state index in [0.29, 0.717) is 24.5 Å². The third-order valence-electron chi connectivity index (χ3n) is 5.29. The number of nitro groups is 1. The lowest BCUT2D eigenvalue weighted by Gasteiger charge is -2.30. The van der Waals surface area contributed by atoms with Crippen molar-refractivity contribution in [3.63, 3.8) is 0 Å². The molecule has 0 bridgehead atoms. The van der Waals surface area contributed by atoms with Crippen molar-refractivity contribution in [1.82, 2.24) is 10.9 Å². The third-order valence-corrected chi connectivity index (χ3v) is 6.94. The van der Waals surface area contributed by atoms with Gasteiger partial charge in [0, 0.05) is 30.7 Å². The average molecular weight is 492 g/mol. The molecule has 2 aliphatic heterocycles. The molecule has 172 valence electrons. The zero-order chi connectivity index (χ0) is 23.8. The Morgan fingerprint density at radius 3 is 2.61 bits per heavy atom. The van der Waals surface area contributed by atoms with Gasteiger partial charge in [-0.2, -0.15) is 8.42 Å². The number of hydrogen-bond acceptors (Lipinski definition) is 7. The smallest absolute Gasteiger partial charge is 0.286 e. The summed E-state index contributed by atoms with van der Waals surface area (Å²) in [6.45, 7) is 0.586. The lowest BCUT2D eigenvalue weighted by atomic mass is 10.1. The van der Waals surface area contributed by atoms with Crippen LogP contribution in [0.4, 0.5) is 11.4 Å². The first-order chi connectivity index (χ1) is 15.7. The molecule has 4 rings (SSSR count). The number of benzene rings is 2. The Bertz CT molecular complexity index is 1310. The molecule has 0 atom stereocenters. The molecule has 2 amide bonds. The van der Waals surface area contributed by atoms with Crippen LogP contribution < -0.4 is 15.8 Å². The summed E-state index contributed by atoms with van der Waals surface area (Å²) < 4.78 is 29.4. The van der Waals surface area contributed by atoms with E-state index in [0.717, 1.165) is 31.4 Å². The molecular formula is C20H18ClN5O6S. The molecule has 0 aliphatic carbocycles. The van der Waals surface area contributed by atoms with E-state index in [4.69, 9.17) is 11.6 Å². The van der Waals surface area contributed by atoms with Crippen molar-refractivity contribution in [1.29, 1.82) is 0 Å². The van der Waals surface area contributed by atoms with E-state index in [1.54, 1.807) is 4.90 Å². The van der Waals surface area contributed by atoms with Gasteiger partial charge in [0.2, 0.25) is 0 Å². The number of carbonyl (C=O) groups excluding carboxylic acids is 2. The zero-order valence-electron chi connectivity index (χ0n) is 17.1. The average Bonchev–Trinajstić information content (AvgIpc) is 3.01. The van der Waals surface area contributed by atoms with Gasteiger partial charge in [0.05, 0.1) is 21.2 Å². The normalized spacial score (nSPS) is 16.5. The number of fused-ring (bicyclic) bond motifs is 3. The fraction of sp³-hybridized carbons (Fsp3) is 0.250. The maximum absolute atomic E-state index is 12.8. The molecule has 1 saturated heterocycles. The van der Waals surface area contributed by atoms with Crippen molar-refractivity contribution >= 4 is 50.6 Å². The summed E-state index contributed by atoms with van der Waals surface area (Å²) in [5.41, 5.74) is 4.14. The van der Waals surface area contributed by atoms with Crippen LogP contribution in [-0.2, 0) is 10.0 Å². The van der Waals surface area contributed by atoms with Gasteiger partial charge in [-0.1, -0.05) is 24.1 Å². The van der Waals surface area contributed by atoms with Crippen molar-refractivity contribution < 1.29 is 22.9 Å². The van der Waals surface area contributed by atoms with Gasteiger partial charge in [0.1, 0.15) is 10.7 Å². The van der Waals surface area contributed by atoms with Crippen molar-refractivity contribution in [2.24, 2.45) is 4.40 Å². The van der Waals surface area contributed by atoms with E-state index >= 15 is 0 Å². The molecule has 2 heterocycles. The van der Waals surface area contributed by atoms with Crippen molar-refractivity contribution in [3.05, 3.63) is 62.7 Å². The minimum absolute atomic E-state index is 0.00320. The fourth-order valence-electron chi connectivity index (χ4n) is 3.68. The van der Waals surface area contributed by atoms with Gasteiger partial charge in [-0.3, -0.25) is 30.6 Å². The first kappa shape index (κ1) is 22.7. The van der Waals surface area contributed by atoms with Gasteiger partial charge in [0.15, 0.2) is 0 Å². The Hall–Kier alpha value is -3.51. The standard InChI is InChI=1S/C20H18ClN5O6S/c21-15-11-16-17(33(31,32)24-18-7-2-1-3-8-25(16)18)10-14(15)20(28)23-22-19(27)12-5-4-6-13(9-12)26(29)30/h4-6,9-11H,1-3,7-8H2,(H,22,27)(H,23,28). The topological polar surface area (TPSA) is 151 Å². The predicted octanol–water partition coefficient (Wildman–Crippen LogP) is 2.80. The number of hydrogen-bond donors (Lipinski definition) is 2. The molecule has 2 aromatic carbocycles. The largest absolute Gasteiger partial charge is 0.328 e. The van der Waals surface area contributed by atoms with Gasteiger partial charge in [0.25, 0.3) is 27.5 Å². The number of carbonyl (C=O) groups is 2. The fourth-order valence-corrected chi connectivity index (χ4v) is 5.19.